The van der Waals surface area contributed by atoms with Gasteiger partial charge in [0.2, 0.25) is 5.82 Å². The van der Waals surface area contributed by atoms with Gasteiger partial charge in [-0.15, -0.1) is 5.10 Å². The van der Waals surface area contributed by atoms with E-state index in [4.69, 9.17) is 9.26 Å². The van der Waals surface area contributed by atoms with Crippen LogP contribution in [0.25, 0.3) is 17.2 Å². The lowest BCUT2D eigenvalue weighted by atomic mass is 10.2. The first-order chi connectivity index (χ1) is 12.6. The zero-order chi connectivity index (χ0) is 18.1. The van der Waals surface area contributed by atoms with Gasteiger partial charge in [-0.05, 0) is 19.9 Å². The van der Waals surface area contributed by atoms with Gasteiger partial charge in [-0.3, -0.25) is 0 Å². The summed E-state index contributed by atoms with van der Waals surface area (Å²) in [6.07, 6.45) is 0. The van der Waals surface area contributed by atoms with Gasteiger partial charge in [-0.25, -0.2) is 14.3 Å². The molecule has 3 aromatic heterocycles. The van der Waals surface area contributed by atoms with Crippen molar-refractivity contribution in [2.24, 2.45) is 0 Å². The second-order valence-electron chi connectivity index (χ2n) is 5.64. The molecule has 130 valence electrons. The van der Waals surface area contributed by atoms with E-state index in [2.05, 4.69) is 25.2 Å². The zero-order valence-electron chi connectivity index (χ0n) is 14.1. The highest BCUT2D eigenvalue weighted by atomic mass is 16.6. The molecule has 0 radical (unpaired) electrons. The van der Waals surface area contributed by atoms with Crippen LogP contribution < -0.4 is 0 Å². The van der Waals surface area contributed by atoms with Gasteiger partial charge in [-0.2, -0.15) is 9.97 Å². The van der Waals surface area contributed by atoms with E-state index >= 15 is 0 Å². The highest BCUT2D eigenvalue weighted by Crippen LogP contribution is 2.15. The molecule has 0 N–H and O–H groups in total. The van der Waals surface area contributed by atoms with Crippen LogP contribution in [0.1, 0.15) is 27.9 Å². The number of hydrogen-bond acceptors (Lipinski definition) is 8. The van der Waals surface area contributed by atoms with Gasteiger partial charge in [0.1, 0.15) is 0 Å². The van der Waals surface area contributed by atoms with E-state index in [9.17, 15) is 4.79 Å². The topological polar surface area (TPSA) is 108 Å². The summed E-state index contributed by atoms with van der Waals surface area (Å²) in [7, 11) is 0. The molecule has 4 rings (SSSR count). The van der Waals surface area contributed by atoms with E-state index < -0.39 is 5.97 Å². The third kappa shape index (κ3) is 3.02. The van der Waals surface area contributed by atoms with Gasteiger partial charge >= 0.3 is 5.97 Å². The number of rotatable bonds is 4. The summed E-state index contributed by atoms with van der Waals surface area (Å²) in [6, 6.07) is 11.2. The molecule has 0 fully saturated rings. The van der Waals surface area contributed by atoms with Crippen molar-refractivity contribution in [2.75, 3.05) is 0 Å². The minimum Gasteiger partial charge on any atom is -0.450 e. The molecule has 0 aliphatic rings. The smallest absolute Gasteiger partial charge is 0.378 e. The summed E-state index contributed by atoms with van der Waals surface area (Å²) in [6.45, 7) is 3.54. The van der Waals surface area contributed by atoms with E-state index in [1.165, 1.54) is 4.52 Å². The highest BCUT2D eigenvalue weighted by molar-refractivity contribution is 5.85. The Bertz CT molecular complexity index is 1090. The van der Waals surface area contributed by atoms with Gasteiger partial charge in [0.15, 0.2) is 6.61 Å². The van der Waals surface area contributed by atoms with Gasteiger partial charge in [-0.1, -0.05) is 35.5 Å². The van der Waals surface area contributed by atoms with Crippen LogP contribution in [0.4, 0.5) is 0 Å². The molecular weight excluding hydrogens is 336 g/mol. The minimum atomic E-state index is -0.688. The number of fused-ring (bicyclic) bond motifs is 1. The summed E-state index contributed by atoms with van der Waals surface area (Å²) in [5, 5.41) is 7.99. The molecule has 4 aromatic rings. The molecule has 0 atom stereocenters. The van der Waals surface area contributed by atoms with Crippen LogP contribution in [-0.2, 0) is 11.3 Å². The number of carbonyl (C=O) groups excluding carboxylic acids is 1. The Morgan fingerprint density at radius 3 is 2.77 bits per heavy atom. The van der Waals surface area contributed by atoms with Crippen LogP contribution in [0.15, 0.2) is 40.9 Å². The average Bonchev–Trinajstić information content (AvgIpc) is 3.27. The summed E-state index contributed by atoms with van der Waals surface area (Å²) >= 11 is 0. The Kier molecular flexibility index (Phi) is 3.88. The summed E-state index contributed by atoms with van der Waals surface area (Å²) in [4.78, 5) is 24.7. The van der Waals surface area contributed by atoms with Crippen LogP contribution in [-0.4, -0.2) is 35.7 Å². The van der Waals surface area contributed by atoms with Crippen LogP contribution in [0.3, 0.4) is 0 Å². The third-order valence-corrected chi connectivity index (χ3v) is 3.63. The number of ether oxygens (including phenoxy) is 1. The van der Waals surface area contributed by atoms with E-state index in [1.54, 1.807) is 0 Å². The van der Waals surface area contributed by atoms with Gasteiger partial charge in [0.05, 0.1) is 0 Å². The van der Waals surface area contributed by atoms with E-state index in [0.717, 1.165) is 17.0 Å². The van der Waals surface area contributed by atoms with Crippen LogP contribution in [0.2, 0.25) is 0 Å². The second kappa shape index (κ2) is 6.36. The normalized spacial score (nSPS) is 11.0. The lowest BCUT2D eigenvalue weighted by Crippen LogP contribution is -2.08. The maximum Gasteiger partial charge on any atom is 0.378 e. The molecule has 0 saturated carbocycles. The van der Waals surface area contributed by atoms with Crippen molar-refractivity contribution in [3.8, 4) is 11.4 Å². The molecule has 0 saturated heterocycles. The fraction of sp³-hybridized carbons (Fsp3) is 0.176. The number of carbonyl (C=O) groups is 1. The Balaban J connectivity index is 1.48. The number of nitrogens with zero attached hydrogens (tertiary/aromatic N) is 6. The molecular formula is C17H14N6O3. The SMILES string of the molecule is Cc1cc(C)n2nc(C(=O)OCc3nc(-c4ccccc4)no3)nc2n1. The Hall–Kier alpha value is -3.62. The number of benzene rings is 1. The molecule has 0 aliphatic carbocycles. The van der Waals surface area contributed by atoms with E-state index in [-0.39, 0.29) is 18.3 Å². The fourth-order valence-corrected chi connectivity index (χ4v) is 2.46. The van der Waals surface area contributed by atoms with Crippen LogP contribution >= 0.6 is 0 Å². The predicted molar refractivity (Wildman–Crippen MR) is 89.1 cm³/mol. The molecule has 0 bridgehead atoms. The molecule has 0 amide bonds. The molecule has 0 aliphatic heterocycles. The maximum absolute atomic E-state index is 12.2. The highest BCUT2D eigenvalue weighted by Gasteiger charge is 2.18. The molecule has 0 unspecified atom stereocenters. The quantitative estimate of drug-likeness (QED) is 0.515. The Morgan fingerprint density at radius 2 is 1.96 bits per heavy atom. The summed E-state index contributed by atoms with van der Waals surface area (Å²) in [5.74, 6) is 0.198. The Morgan fingerprint density at radius 1 is 1.15 bits per heavy atom. The first-order valence-electron chi connectivity index (χ1n) is 7.86. The van der Waals surface area contributed by atoms with Gasteiger partial charge in [0, 0.05) is 17.0 Å². The van der Waals surface area contributed by atoms with Crippen molar-refractivity contribution in [3.05, 3.63) is 59.5 Å². The number of esters is 1. The zero-order valence-corrected chi connectivity index (χ0v) is 14.1. The fourth-order valence-electron chi connectivity index (χ4n) is 2.46. The first-order valence-corrected chi connectivity index (χ1v) is 7.86. The lowest BCUT2D eigenvalue weighted by Gasteiger charge is -1.97. The molecule has 26 heavy (non-hydrogen) atoms. The average molecular weight is 350 g/mol. The molecule has 0 spiro atoms. The van der Waals surface area contributed by atoms with Crippen molar-refractivity contribution < 1.29 is 14.1 Å². The van der Waals surface area contributed by atoms with Crippen molar-refractivity contribution in [3.63, 3.8) is 0 Å². The monoisotopic (exact) mass is 350 g/mol. The van der Waals surface area contributed by atoms with Gasteiger partial charge in [0.25, 0.3) is 17.5 Å². The molecule has 9 heteroatoms. The number of hydrogen-bond donors (Lipinski definition) is 0. The van der Waals surface area contributed by atoms with Crippen molar-refractivity contribution in [2.45, 2.75) is 20.5 Å². The maximum atomic E-state index is 12.2. The largest absolute Gasteiger partial charge is 0.450 e. The van der Waals surface area contributed by atoms with Crippen LogP contribution in [0.5, 0.6) is 0 Å². The second-order valence-corrected chi connectivity index (χ2v) is 5.64. The van der Waals surface area contributed by atoms with Gasteiger partial charge < -0.3 is 9.26 Å². The van der Waals surface area contributed by atoms with Crippen molar-refractivity contribution >= 4 is 11.7 Å². The lowest BCUT2D eigenvalue weighted by molar-refractivity contribution is 0.0415. The molecule has 1 aromatic carbocycles. The minimum absolute atomic E-state index is 0.0750. The number of aryl methyl sites for hydroxylation is 2. The van der Waals surface area contributed by atoms with Crippen molar-refractivity contribution in [1.29, 1.82) is 0 Å². The van der Waals surface area contributed by atoms with Crippen molar-refractivity contribution in [1.82, 2.24) is 29.7 Å². The van der Waals surface area contributed by atoms with E-state index in [1.807, 2.05) is 50.2 Å². The molecule has 9 nitrogen and oxygen atoms in total. The Labute approximate surface area is 147 Å². The first kappa shape index (κ1) is 15.9. The molecule has 3 heterocycles. The third-order valence-electron chi connectivity index (χ3n) is 3.63. The number of aromatic nitrogens is 6. The predicted octanol–water partition coefficient (Wildman–Crippen LogP) is 2.15. The summed E-state index contributed by atoms with van der Waals surface area (Å²) in [5.41, 5.74) is 2.43. The van der Waals surface area contributed by atoms with Crippen LogP contribution in [0, 0.1) is 13.8 Å². The standard InChI is InChI=1S/C17H14N6O3/c1-10-8-11(2)23-17(18-10)20-15(21-23)16(24)25-9-13-19-14(22-26-13)12-6-4-3-5-7-12/h3-8H,9H2,1-2H3. The van der Waals surface area contributed by atoms with E-state index in [0.29, 0.717) is 11.6 Å². The summed E-state index contributed by atoms with van der Waals surface area (Å²) < 4.78 is 11.8.